The molecule has 21 heavy (non-hydrogen) atoms. The fraction of sp³-hybridized carbons (Fsp3) is 0.500. The molecule has 1 aliphatic heterocycles. The SMILES string of the molecule is CCCCC1C(=O)C(CCCc2ccccc2)=NS1(=O)=O. The predicted molar refractivity (Wildman–Crippen MR) is 84.1 cm³/mol. The molecule has 0 spiro atoms. The maximum atomic E-state index is 12.2. The van der Waals surface area contributed by atoms with Crippen LogP contribution in [0.2, 0.25) is 0 Å². The normalized spacial score (nSPS) is 20.5. The second-order valence-electron chi connectivity index (χ2n) is 5.39. The molecule has 1 aromatic rings. The molecular weight excluding hydrogens is 286 g/mol. The maximum absolute atomic E-state index is 12.2. The van der Waals surface area contributed by atoms with E-state index >= 15 is 0 Å². The Kier molecular flexibility index (Phi) is 5.28. The van der Waals surface area contributed by atoms with Crippen LogP contribution >= 0.6 is 0 Å². The minimum Gasteiger partial charge on any atom is -0.291 e. The van der Waals surface area contributed by atoms with Gasteiger partial charge in [0.1, 0.15) is 5.25 Å². The minimum absolute atomic E-state index is 0.243. The van der Waals surface area contributed by atoms with Crippen LogP contribution in [0, 0.1) is 0 Å². The standard InChI is InChI=1S/C16H21NO3S/c1-2-3-12-15-16(18)14(17-21(15,19)20)11-7-10-13-8-5-4-6-9-13/h4-6,8-9,15H,2-3,7,10-12H2,1H3. The number of hydrogen-bond acceptors (Lipinski definition) is 3. The van der Waals surface area contributed by atoms with Gasteiger partial charge in [0.2, 0.25) is 0 Å². The van der Waals surface area contributed by atoms with E-state index in [4.69, 9.17) is 0 Å². The summed E-state index contributed by atoms with van der Waals surface area (Å²) in [6, 6.07) is 9.95. The highest BCUT2D eigenvalue weighted by Crippen LogP contribution is 2.22. The third kappa shape index (κ3) is 4.00. The zero-order valence-corrected chi connectivity index (χ0v) is 13.1. The molecule has 1 atom stereocenters. The zero-order valence-electron chi connectivity index (χ0n) is 12.3. The smallest absolute Gasteiger partial charge is 0.263 e. The van der Waals surface area contributed by atoms with E-state index in [9.17, 15) is 13.2 Å². The van der Waals surface area contributed by atoms with Crippen LogP contribution in [-0.2, 0) is 21.2 Å². The van der Waals surface area contributed by atoms with Crippen LogP contribution in [0.25, 0.3) is 0 Å². The number of aryl methyl sites for hydroxylation is 1. The summed E-state index contributed by atoms with van der Waals surface area (Å²) in [7, 11) is -3.61. The van der Waals surface area contributed by atoms with Crippen LogP contribution in [0.3, 0.4) is 0 Å². The summed E-state index contributed by atoms with van der Waals surface area (Å²) in [6.45, 7) is 1.98. The van der Waals surface area contributed by atoms with E-state index in [0.29, 0.717) is 12.8 Å². The third-order valence-corrected chi connectivity index (χ3v) is 5.36. The highest BCUT2D eigenvalue weighted by molar-refractivity contribution is 7.92. The molecule has 1 aliphatic rings. The lowest BCUT2D eigenvalue weighted by Crippen LogP contribution is -2.26. The van der Waals surface area contributed by atoms with Gasteiger partial charge in [0, 0.05) is 0 Å². The van der Waals surface area contributed by atoms with Crippen molar-refractivity contribution in [2.75, 3.05) is 0 Å². The summed E-state index contributed by atoms with van der Waals surface area (Å²) < 4.78 is 27.5. The van der Waals surface area contributed by atoms with Gasteiger partial charge in [0.15, 0.2) is 5.78 Å². The predicted octanol–water partition coefficient (Wildman–Crippen LogP) is 2.92. The van der Waals surface area contributed by atoms with Gasteiger partial charge in [0.25, 0.3) is 10.0 Å². The fourth-order valence-electron chi connectivity index (χ4n) is 2.53. The summed E-state index contributed by atoms with van der Waals surface area (Å²) >= 11 is 0. The second kappa shape index (κ2) is 6.98. The summed E-state index contributed by atoms with van der Waals surface area (Å²) in [5, 5.41) is -0.927. The first-order valence-electron chi connectivity index (χ1n) is 7.45. The van der Waals surface area contributed by atoms with E-state index in [-0.39, 0.29) is 11.5 Å². The van der Waals surface area contributed by atoms with E-state index in [0.717, 1.165) is 25.7 Å². The van der Waals surface area contributed by atoms with Gasteiger partial charge >= 0.3 is 0 Å². The molecule has 0 fully saturated rings. The summed E-state index contributed by atoms with van der Waals surface area (Å²) in [6.07, 6.45) is 4.02. The first kappa shape index (κ1) is 15.9. The first-order chi connectivity index (χ1) is 10.0. The Bertz CT molecular complexity index is 620. The molecule has 2 rings (SSSR count). The Morgan fingerprint density at radius 2 is 1.81 bits per heavy atom. The number of nitrogens with zero attached hydrogens (tertiary/aromatic N) is 1. The average molecular weight is 307 g/mol. The van der Waals surface area contributed by atoms with Crippen LogP contribution in [0.5, 0.6) is 0 Å². The van der Waals surface area contributed by atoms with Gasteiger partial charge in [0.05, 0.1) is 5.71 Å². The van der Waals surface area contributed by atoms with Crippen molar-refractivity contribution in [2.24, 2.45) is 4.40 Å². The van der Waals surface area contributed by atoms with Crippen molar-refractivity contribution in [3.05, 3.63) is 35.9 Å². The molecule has 0 saturated carbocycles. The summed E-state index contributed by atoms with van der Waals surface area (Å²) in [5.74, 6) is -0.281. The molecular formula is C16H21NO3S. The number of benzene rings is 1. The van der Waals surface area contributed by atoms with Crippen molar-refractivity contribution < 1.29 is 13.2 Å². The Hall–Kier alpha value is -1.49. The molecule has 0 aliphatic carbocycles. The maximum Gasteiger partial charge on any atom is 0.263 e. The molecule has 0 aromatic heterocycles. The molecule has 0 saturated heterocycles. The number of carbonyl (C=O) groups is 1. The monoisotopic (exact) mass is 307 g/mol. The molecule has 114 valence electrons. The van der Waals surface area contributed by atoms with Gasteiger partial charge in [-0.3, -0.25) is 4.79 Å². The molecule has 0 bridgehead atoms. The van der Waals surface area contributed by atoms with Gasteiger partial charge in [-0.05, 0) is 31.2 Å². The van der Waals surface area contributed by atoms with E-state index < -0.39 is 15.3 Å². The third-order valence-electron chi connectivity index (χ3n) is 3.72. The van der Waals surface area contributed by atoms with Gasteiger partial charge < -0.3 is 0 Å². The lowest BCUT2D eigenvalue weighted by atomic mass is 10.0. The zero-order chi connectivity index (χ0) is 15.3. The number of sulfonamides is 1. The molecule has 5 heteroatoms. The number of ketones is 1. The van der Waals surface area contributed by atoms with Crippen LogP contribution in [0.1, 0.15) is 44.6 Å². The summed E-state index contributed by atoms with van der Waals surface area (Å²) in [5.41, 5.74) is 1.43. The molecule has 1 aromatic carbocycles. The van der Waals surface area contributed by atoms with E-state index in [1.807, 2.05) is 37.3 Å². The first-order valence-corrected chi connectivity index (χ1v) is 8.95. The fourth-order valence-corrected chi connectivity index (χ4v) is 4.01. The van der Waals surface area contributed by atoms with Crippen LogP contribution in [0.4, 0.5) is 0 Å². The Balaban J connectivity index is 1.93. The van der Waals surface area contributed by atoms with Gasteiger partial charge in [-0.2, -0.15) is 4.40 Å². The van der Waals surface area contributed by atoms with Gasteiger partial charge in [-0.15, -0.1) is 0 Å². The number of rotatable bonds is 7. The van der Waals surface area contributed by atoms with Crippen molar-refractivity contribution in [2.45, 2.75) is 50.7 Å². The van der Waals surface area contributed by atoms with Crippen molar-refractivity contribution in [3.63, 3.8) is 0 Å². The van der Waals surface area contributed by atoms with E-state index in [1.54, 1.807) is 0 Å². The van der Waals surface area contributed by atoms with Crippen LogP contribution in [0.15, 0.2) is 34.7 Å². The number of Topliss-reactive ketones (excluding diaryl/α,β-unsaturated/α-hetero) is 1. The number of hydrogen-bond donors (Lipinski definition) is 0. The molecule has 1 heterocycles. The van der Waals surface area contributed by atoms with Gasteiger partial charge in [-0.25, -0.2) is 8.42 Å². The van der Waals surface area contributed by atoms with Crippen molar-refractivity contribution in [1.29, 1.82) is 0 Å². The van der Waals surface area contributed by atoms with E-state index in [1.165, 1.54) is 5.56 Å². The molecule has 0 amide bonds. The van der Waals surface area contributed by atoms with E-state index in [2.05, 4.69) is 4.40 Å². The van der Waals surface area contributed by atoms with Crippen molar-refractivity contribution in [3.8, 4) is 0 Å². The quantitative estimate of drug-likeness (QED) is 0.778. The minimum atomic E-state index is -3.61. The lowest BCUT2D eigenvalue weighted by molar-refractivity contribution is -0.112. The summed E-state index contributed by atoms with van der Waals surface area (Å²) in [4.78, 5) is 12.2. The van der Waals surface area contributed by atoms with Crippen molar-refractivity contribution >= 4 is 21.5 Å². The van der Waals surface area contributed by atoms with Crippen molar-refractivity contribution in [1.82, 2.24) is 0 Å². The van der Waals surface area contributed by atoms with Crippen LogP contribution in [-0.4, -0.2) is 25.2 Å². The Morgan fingerprint density at radius 3 is 2.48 bits per heavy atom. The Morgan fingerprint density at radius 1 is 1.10 bits per heavy atom. The molecule has 0 N–H and O–H groups in total. The van der Waals surface area contributed by atoms with Gasteiger partial charge in [-0.1, -0.05) is 50.1 Å². The average Bonchev–Trinajstić information content (AvgIpc) is 2.68. The second-order valence-corrected chi connectivity index (χ2v) is 7.17. The molecule has 4 nitrogen and oxygen atoms in total. The highest BCUT2D eigenvalue weighted by atomic mass is 32.2. The molecule has 0 radical (unpaired) electrons. The number of unbranched alkanes of at least 4 members (excludes halogenated alkanes) is 1. The molecule has 1 unspecified atom stereocenters. The Labute approximate surface area is 126 Å². The highest BCUT2D eigenvalue weighted by Gasteiger charge is 2.40. The lowest BCUT2D eigenvalue weighted by Gasteiger charge is -2.05. The number of carbonyl (C=O) groups excluding carboxylic acids is 1. The largest absolute Gasteiger partial charge is 0.291 e. The topological polar surface area (TPSA) is 63.6 Å². The van der Waals surface area contributed by atoms with Crippen LogP contribution < -0.4 is 0 Å².